The molecule has 0 bridgehead atoms. The van der Waals surface area contributed by atoms with E-state index in [4.69, 9.17) is 0 Å². The van der Waals surface area contributed by atoms with E-state index in [1.165, 1.54) is 13.2 Å². The molecule has 1 aromatic carbocycles. The average molecular weight is 252 g/mol. The molecule has 0 aromatic heterocycles. The van der Waals surface area contributed by atoms with E-state index in [-0.39, 0.29) is 18.1 Å². The molecule has 4 heteroatoms. The SMILES string of the molecule is COC(=O)C(C(=O)Cc1ccccc1F)C(C)C. The molecular weight excluding hydrogens is 235 g/mol. The van der Waals surface area contributed by atoms with E-state index in [0.717, 1.165) is 0 Å². The maximum Gasteiger partial charge on any atom is 0.316 e. The summed E-state index contributed by atoms with van der Waals surface area (Å²) in [6, 6.07) is 6.06. The van der Waals surface area contributed by atoms with Crippen LogP contribution in [0.1, 0.15) is 19.4 Å². The molecule has 18 heavy (non-hydrogen) atoms. The molecule has 98 valence electrons. The Bertz CT molecular complexity index is 440. The van der Waals surface area contributed by atoms with Gasteiger partial charge in [-0.3, -0.25) is 9.59 Å². The van der Waals surface area contributed by atoms with Crippen molar-refractivity contribution >= 4 is 11.8 Å². The molecule has 0 amide bonds. The zero-order valence-corrected chi connectivity index (χ0v) is 10.8. The number of benzene rings is 1. The van der Waals surface area contributed by atoms with E-state index >= 15 is 0 Å². The average Bonchev–Trinajstić information content (AvgIpc) is 2.31. The molecule has 3 nitrogen and oxygen atoms in total. The molecule has 1 rings (SSSR count). The second kappa shape index (κ2) is 6.28. The van der Waals surface area contributed by atoms with Crippen molar-refractivity contribution in [3.05, 3.63) is 35.6 Å². The molecule has 1 unspecified atom stereocenters. The lowest BCUT2D eigenvalue weighted by molar-refractivity contribution is -0.151. The Balaban J connectivity index is 2.86. The predicted molar refractivity (Wildman–Crippen MR) is 65.5 cm³/mol. The second-order valence-electron chi connectivity index (χ2n) is 4.48. The van der Waals surface area contributed by atoms with Gasteiger partial charge in [0, 0.05) is 6.42 Å². The fraction of sp³-hybridized carbons (Fsp3) is 0.429. The van der Waals surface area contributed by atoms with Crippen LogP contribution < -0.4 is 0 Å². The highest BCUT2D eigenvalue weighted by molar-refractivity contribution is 6.00. The fourth-order valence-corrected chi connectivity index (χ4v) is 1.84. The number of rotatable bonds is 5. The van der Waals surface area contributed by atoms with Crippen LogP contribution in [0.5, 0.6) is 0 Å². The van der Waals surface area contributed by atoms with E-state index in [0.29, 0.717) is 5.56 Å². The number of ether oxygens (including phenoxy) is 1. The third kappa shape index (κ3) is 3.39. The highest BCUT2D eigenvalue weighted by atomic mass is 19.1. The number of ketones is 1. The first kappa shape index (κ1) is 14.4. The van der Waals surface area contributed by atoms with Crippen molar-refractivity contribution in [2.24, 2.45) is 11.8 Å². The van der Waals surface area contributed by atoms with Gasteiger partial charge in [0.05, 0.1) is 7.11 Å². The molecule has 1 atom stereocenters. The Morgan fingerprint density at radius 2 is 1.89 bits per heavy atom. The van der Waals surface area contributed by atoms with Crippen molar-refractivity contribution in [2.45, 2.75) is 20.3 Å². The number of halogens is 1. The Morgan fingerprint density at radius 1 is 1.28 bits per heavy atom. The number of carbonyl (C=O) groups excluding carboxylic acids is 2. The lowest BCUT2D eigenvalue weighted by atomic mass is 9.88. The standard InChI is InChI=1S/C14H17FO3/c1-9(2)13(14(17)18-3)12(16)8-10-6-4-5-7-11(10)15/h4-7,9,13H,8H2,1-3H3. The van der Waals surface area contributed by atoms with Crippen molar-refractivity contribution < 1.29 is 18.7 Å². The van der Waals surface area contributed by atoms with Crippen LogP contribution in [0.15, 0.2) is 24.3 Å². The summed E-state index contributed by atoms with van der Waals surface area (Å²) in [6.45, 7) is 3.53. The highest BCUT2D eigenvalue weighted by Gasteiger charge is 2.30. The summed E-state index contributed by atoms with van der Waals surface area (Å²) in [6.07, 6.45) is -0.0926. The summed E-state index contributed by atoms with van der Waals surface area (Å²) in [5.41, 5.74) is 0.303. The molecule has 0 aliphatic heterocycles. The quantitative estimate of drug-likeness (QED) is 0.597. The van der Waals surface area contributed by atoms with Crippen LogP contribution in [-0.4, -0.2) is 18.9 Å². The molecule has 0 saturated heterocycles. The van der Waals surface area contributed by atoms with Gasteiger partial charge in [-0.1, -0.05) is 32.0 Å². The lowest BCUT2D eigenvalue weighted by Crippen LogP contribution is -2.31. The molecule has 0 fully saturated rings. The van der Waals surface area contributed by atoms with Gasteiger partial charge in [-0.25, -0.2) is 4.39 Å². The van der Waals surface area contributed by atoms with E-state index < -0.39 is 17.7 Å². The van der Waals surface area contributed by atoms with E-state index in [2.05, 4.69) is 4.74 Å². The number of hydrogen-bond acceptors (Lipinski definition) is 3. The summed E-state index contributed by atoms with van der Waals surface area (Å²) < 4.78 is 18.0. The minimum atomic E-state index is -0.838. The monoisotopic (exact) mass is 252 g/mol. The largest absolute Gasteiger partial charge is 0.468 e. The molecule has 0 spiro atoms. The summed E-state index contributed by atoms with van der Waals surface area (Å²) >= 11 is 0. The minimum absolute atomic E-state index is 0.0926. The smallest absolute Gasteiger partial charge is 0.316 e. The van der Waals surface area contributed by atoms with Crippen LogP contribution in [0.2, 0.25) is 0 Å². The maximum atomic E-state index is 13.4. The third-order valence-electron chi connectivity index (χ3n) is 2.79. The van der Waals surface area contributed by atoms with Gasteiger partial charge < -0.3 is 4.74 Å². The third-order valence-corrected chi connectivity index (χ3v) is 2.79. The minimum Gasteiger partial charge on any atom is -0.468 e. The van der Waals surface area contributed by atoms with Crippen molar-refractivity contribution in [1.29, 1.82) is 0 Å². The first-order chi connectivity index (χ1) is 8.47. The van der Waals surface area contributed by atoms with Crippen molar-refractivity contribution in [2.75, 3.05) is 7.11 Å². The van der Waals surface area contributed by atoms with Gasteiger partial charge in [0.1, 0.15) is 11.7 Å². The molecule has 1 aromatic rings. The topological polar surface area (TPSA) is 43.4 Å². The van der Waals surface area contributed by atoms with E-state index in [9.17, 15) is 14.0 Å². The molecular formula is C14H17FO3. The Hall–Kier alpha value is -1.71. The van der Waals surface area contributed by atoms with Crippen LogP contribution in [0, 0.1) is 17.7 Å². The van der Waals surface area contributed by atoms with Crippen LogP contribution in [-0.2, 0) is 20.7 Å². The van der Waals surface area contributed by atoms with Gasteiger partial charge in [0.2, 0.25) is 0 Å². The predicted octanol–water partition coefficient (Wildman–Crippen LogP) is 2.38. The van der Waals surface area contributed by atoms with Gasteiger partial charge in [-0.05, 0) is 17.5 Å². The fourth-order valence-electron chi connectivity index (χ4n) is 1.84. The molecule has 0 heterocycles. The van der Waals surface area contributed by atoms with Crippen molar-refractivity contribution in [1.82, 2.24) is 0 Å². The normalized spacial score (nSPS) is 12.3. The summed E-state index contributed by atoms with van der Waals surface area (Å²) in [7, 11) is 1.24. The van der Waals surface area contributed by atoms with Crippen molar-refractivity contribution in [3.8, 4) is 0 Å². The van der Waals surface area contributed by atoms with Crippen LogP contribution in [0.3, 0.4) is 0 Å². The van der Waals surface area contributed by atoms with Crippen LogP contribution in [0.25, 0.3) is 0 Å². The second-order valence-corrected chi connectivity index (χ2v) is 4.48. The Morgan fingerprint density at radius 3 is 2.39 bits per heavy atom. The van der Waals surface area contributed by atoms with Gasteiger partial charge in [0.25, 0.3) is 0 Å². The molecule has 0 radical (unpaired) electrons. The van der Waals surface area contributed by atoms with E-state index in [1.807, 2.05) is 0 Å². The van der Waals surface area contributed by atoms with Gasteiger partial charge in [0.15, 0.2) is 5.78 Å². The number of hydrogen-bond donors (Lipinski definition) is 0. The molecule has 0 aliphatic carbocycles. The lowest BCUT2D eigenvalue weighted by Gasteiger charge is -2.17. The van der Waals surface area contributed by atoms with Crippen LogP contribution in [0.4, 0.5) is 4.39 Å². The number of methoxy groups -OCH3 is 1. The first-order valence-electron chi connectivity index (χ1n) is 5.81. The van der Waals surface area contributed by atoms with Gasteiger partial charge in [-0.2, -0.15) is 0 Å². The van der Waals surface area contributed by atoms with Crippen molar-refractivity contribution in [3.63, 3.8) is 0 Å². The maximum absolute atomic E-state index is 13.4. The van der Waals surface area contributed by atoms with Crippen LogP contribution >= 0.6 is 0 Å². The van der Waals surface area contributed by atoms with Gasteiger partial charge in [-0.15, -0.1) is 0 Å². The number of esters is 1. The first-order valence-corrected chi connectivity index (χ1v) is 5.81. The zero-order valence-electron chi connectivity index (χ0n) is 10.8. The highest BCUT2D eigenvalue weighted by Crippen LogP contribution is 2.18. The summed E-state index contributed by atoms with van der Waals surface area (Å²) in [5.74, 6) is -2.32. The molecule has 0 N–H and O–H groups in total. The van der Waals surface area contributed by atoms with Gasteiger partial charge >= 0.3 is 5.97 Å². The number of carbonyl (C=O) groups is 2. The molecule has 0 saturated carbocycles. The Kier molecular flexibility index (Phi) is 5.01. The number of Topliss-reactive ketones (excluding diaryl/α,β-unsaturated/α-hetero) is 1. The summed E-state index contributed by atoms with van der Waals surface area (Å²) in [5, 5.41) is 0. The summed E-state index contributed by atoms with van der Waals surface area (Å²) in [4.78, 5) is 23.6. The zero-order chi connectivity index (χ0) is 13.7. The van der Waals surface area contributed by atoms with E-state index in [1.54, 1.807) is 32.0 Å². The Labute approximate surface area is 106 Å². The molecule has 0 aliphatic rings.